The number of piperidine rings is 1. The first kappa shape index (κ1) is 14.7. The predicted octanol–water partition coefficient (Wildman–Crippen LogP) is 2.07. The molecule has 0 aromatic carbocycles. The molecule has 0 amide bonds. The second kappa shape index (κ2) is 6.19. The second-order valence-electron chi connectivity index (χ2n) is 4.91. The molecule has 1 aromatic heterocycles. The lowest BCUT2D eigenvalue weighted by Crippen LogP contribution is -2.43. The average molecular weight is 303 g/mol. The third-order valence-electron chi connectivity index (χ3n) is 3.26. The van der Waals surface area contributed by atoms with E-state index in [1.165, 1.54) is 4.88 Å². The van der Waals surface area contributed by atoms with Crippen LogP contribution in [0.1, 0.15) is 31.1 Å². The molecule has 0 atom stereocenters. The van der Waals surface area contributed by atoms with E-state index in [4.69, 9.17) is 0 Å². The molecule has 0 aliphatic carbocycles. The van der Waals surface area contributed by atoms with Gasteiger partial charge in [0.25, 0.3) is 0 Å². The van der Waals surface area contributed by atoms with Crippen molar-refractivity contribution in [3.8, 4) is 0 Å². The normalized spacial score (nSPS) is 18.6. The van der Waals surface area contributed by atoms with Crippen molar-refractivity contribution >= 4 is 26.5 Å². The first-order valence-corrected chi connectivity index (χ1v) is 9.10. The number of hydrogen-bond donors (Lipinski definition) is 1. The molecule has 2 heterocycles. The molecular formula is C12H21N3O2S2. The zero-order valence-corrected chi connectivity index (χ0v) is 13.1. The average Bonchev–Trinajstić information content (AvgIpc) is 2.75. The number of nitrogens with zero attached hydrogens (tertiary/aromatic N) is 2. The number of thiazole rings is 1. The third-order valence-corrected chi connectivity index (χ3v) is 6.18. The van der Waals surface area contributed by atoms with Crippen LogP contribution in [0.25, 0.3) is 0 Å². The van der Waals surface area contributed by atoms with Gasteiger partial charge in [0.2, 0.25) is 10.0 Å². The lowest BCUT2D eigenvalue weighted by molar-refractivity contribution is 0.329. The quantitative estimate of drug-likeness (QED) is 0.904. The van der Waals surface area contributed by atoms with Gasteiger partial charge in [-0.1, -0.05) is 6.92 Å². The van der Waals surface area contributed by atoms with Crippen molar-refractivity contribution in [2.75, 3.05) is 24.2 Å². The van der Waals surface area contributed by atoms with E-state index >= 15 is 0 Å². The smallest absolute Gasteiger partial charge is 0.214 e. The Balaban J connectivity index is 1.86. The van der Waals surface area contributed by atoms with E-state index < -0.39 is 10.0 Å². The van der Waals surface area contributed by atoms with Crippen LogP contribution in [0, 0.1) is 6.92 Å². The Morgan fingerprint density at radius 2 is 2.16 bits per heavy atom. The Morgan fingerprint density at radius 3 is 2.68 bits per heavy atom. The van der Waals surface area contributed by atoms with Crippen LogP contribution in [0.15, 0.2) is 6.20 Å². The van der Waals surface area contributed by atoms with Crippen molar-refractivity contribution in [2.24, 2.45) is 0 Å². The van der Waals surface area contributed by atoms with E-state index in [-0.39, 0.29) is 5.75 Å². The van der Waals surface area contributed by atoms with Gasteiger partial charge in [-0.25, -0.2) is 17.7 Å². The van der Waals surface area contributed by atoms with Crippen LogP contribution in [-0.4, -0.2) is 42.6 Å². The fraction of sp³-hybridized carbons (Fsp3) is 0.750. The first-order chi connectivity index (χ1) is 9.01. The minimum atomic E-state index is -3.03. The molecule has 0 unspecified atom stereocenters. The van der Waals surface area contributed by atoms with Crippen LogP contribution < -0.4 is 5.32 Å². The van der Waals surface area contributed by atoms with Gasteiger partial charge < -0.3 is 5.32 Å². The first-order valence-electron chi connectivity index (χ1n) is 6.68. The molecule has 108 valence electrons. The summed E-state index contributed by atoms with van der Waals surface area (Å²) in [7, 11) is -3.03. The predicted molar refractivity (Wildman–Crippen MR) is 79.1 cm³/mol. The third kappa shape index (κ3) is 3.90. The van der Waals surface area contributed by atoms with Crippen LogP contribution in [0.3, 0.4) is 0 Å². The van der Waals surface area contributed by atoms with E-state index in [0.29, 0.717) is 25.6 Å². The van der Waals surface area contributed by atoms with E-state index in [1.807, 2.05) is 20.0 Å². The second-order valence-corrected chi connectivity index (χ2v) is 8.23. The number of nitrogens with one attached hydrogen (secondary N) is 1. The Bertz CT molecular complexity index is 505. The van der Waals surface area contributed by atoms with Gasteiger partial charge in [0.15, 0.2) is 5.13 Å². The molecule has 19 heavy (non-hydrogen) atoms. The Labute approximate surface area is 119 Å². The van der Waals surface area contributed by atoms with Crippen molar-refractivity contribution in [3.63, 3.8) is 0 Å². The summed E-state index contributed by atoms with van der Waals surface area (Å²) in [6.07, 6.45) is 4.23. The van der Waals surface area contributed by atoms with Crippen LogP contribution in [0.4, 0.5) is 5.13 Å². The van der Waals surface area contributed by atoms with Crippen molar-refractivity contribution in [1.82, 2.24) is 9.29 Å². The molecule has 1 aliphatic heterocycles. The SMILES string of the molecule is CCCS(=O)(=O)N1CCC(Nc2ncc(C)s2)CC1. The Hall–Kier alpha value is -0.660. The van der Waals surface area contributed by atoms with Gasteiger partial charge in [-0.2, -0.15) is 0 Å². The zero-order valence-electron chi connectivity index (χ0n) is 11.4. The molecule has 0 spiro atoms. The van der Waals surface area contributed by atoms with Gasteiger partial charge in [0.1, 0.15) is 0 Å². The van der Waals surface area contributed by atoms with Crippen LogP contribution in [0.5, 0.6) is 0 Å². The highest BCUT2D eigenvalue weighted by atomic mass is 32.2. The highest BCUT2D eigenvalue weighted by molar-refractivity contribution is 7.89. The summed E-state index contributed by atoms with van der Waals surface area (Å²) in [5.74, 6) is 0.261. The molecular weight excluding hydrogens is 282 g/mol. The minimum absolute atomic E-state index is 0.261. The van der Waals surface area contributed by atoms with E-state index in [0.717, 1.165) is 18.0 Å². The molecule has 0 saturated carbocycles. The molecule has 7 heteroatoms. The van der Waals surface area contributed by atoms with Crippen molar-refractivity contribution in [1.29, 1.82) is 0 Å². The summed E-state index contributed by atoms with van der Waals surface area (Å²) in [5, 5.41) is 4.33. The standard InChI is InChI=1S/C12H21N3O2S2/c1-3-8-19(16,17)15-6-4-11(5-7-15)14-12-13-9-10(2)18-12/h9,11H,3-8H2,1-2H3,(H,13,14). The van der Waals surface area contributed by atoms with Crippen LogP contribution in [0.2, 0.25) is 0 Å². The number of hydrogen-bond acceptors (Lipinski definition) is 5. The van der Waals surface area contributed by atoms with Crippen LogP contribution in [-0.2, 0) is 10.0 Å². The Morgan fingerprint density at radius 1 is 1.47 bits per heavy atom. The van der Waals surface area contributed by atoms with E-state index in [1.54, 1.807) is 15.6 Å². The number of sulfonamides is 1. The number of rotatable bonds is 5. The van der Waals surface area contributed by atoms with Crippen molar-refractivity contribution in [3.05, 3.63) is 11.1 Å². The highest BCUT2D eigenvalue weighted by Gasteiger charge is 2.27. The van der Waals surface area contributed by atoms with E-state index in [2.05, 4.69) is 10.3 Å². The maximum absolute atomic E-state index is 11.9. The molecule has 2 rings (SSSR count). The molecule has 0 bridgehead atoms. The summed E-state index contributed by atoms with van der Waals surface area (Å²) in [6, 6.07) is 0.332. The fourth-order valence-corrected chi connectivity index (χ4v) is 4.54. The monoisotopic (exact) mass is 303 g/mol. The summed E-state index contributed by atoms with van der Waals surface area (Å²) in [6.45, 7) is 5.16. The molecule has 1 N–H and O–H groups in total. The van der Waals surface area contributed by atoms with Crippen molar-refractivity contribution < 1.29 is 8.42 Å². The van der Waals surface area contributed by atoms with Gasteiger partial charge in [-0.3, -0.25) is 0 Å². The fourth-order valence-electron chi connectivity index (χ4n) is 2.26. The van der Waals surface area contributed by atoms with Gasteiger partial charge >= 0.3 is 0 Å². The lowest BCUT2D eigenvalue weighted by Gasteiger charge is -2.31. The maximum Gasteiger partial charge on any atom is 0.214 e. The zero-order chi connectivity index (χ0) is 13.9. The summed E-state index contributed by atoms with van der Waals surface area (Å²) in [4.78, 5) is 5.47. The largest absolute Gasteiger partial charge is 0.359 e. The molecule has 1 fully saturated rings. The highest BCUT2D eigenvalue weighted by Crippen LogP contribution is 2.22. The molecule has 5 nitrogen and oxygen atoms in total. The topological polar surface area (TPSA) is 62.3 Å². The van der Waals surface area contributed by atoms with Gasteiger partial charge in [0, 0.05) is 30.2 Å². The van der Waals surface area contributed by atoms with E-state index in [9.17, 15) is 8.42 Å². The number of aryl methyl sites for hydroxylation is 1. The number of anilines is 1. The maximum atomic E-state index is 11.9. The lowest BCUT2D eigenvalue weighted by atomic mass is 10.1. The summed E-state index contributed by atoms with van der Waals surface area (Å²) >= 11 is 1.64. The minimum Gasteiger partial charge on any atom is -0.359 e. The molecule has 0 radical (unpaired) electrons. The molecule has 1 aliphatic rings. The summed E-state index contributed by atoms with van der Waals surface area (Å²) < 4.78 is 25.5. The van der Waals surface area contributed by atoms with Gasteiger partial charge in [0.05, 0.1) is 5.75 Å². The molecule has 1 aromatic rings. The van der Waals surface area contributed by atoms with Crippen molar-refractivity contribution in [2.45, 2.75) is 39.2 Å². The Kier molecular flexibility index (Phi) is 4.81. The van der Waals surface area contributed by atoms with Crippen LogP contribution >= 0.6 is 11.3 Å². The van der Waals surface area contributed by atoms with Gasteiger partial charge in [-0.05, 0) is 26.2 Å². The number of aromatic nitrogens is 1. The van der Waals surface area contributed by atoms with Gasteiger partial charge in [-0.15, -0.1) is 11.3 Å². The molecule has 1 saturated heterocycles. The summed E-state index contributed by atoms with van der Waals surface area (Å²) in [5.41, 5.74) is 0.